The first-order valence-corrected chi connectivity index (χ1v) is 5.89. The Morgan fingerprint density at radius 3 is 2.74 bits per heavy atom. The molecule has 2 rings (SSSR count). The molecule has 0 amide bonds. The fourth-order valence-corrected chi connectivity index (χ4v) is 1.80. The topological polar surface area (TPSA) is 74.7 Å². The Balaban J connectivity index is 2.17. The van der Waals surface area contributed by atoms with E-state index in [0.717, 1.165) is 12.2 Å². The van der Waals surface area contributed by atoms with Gasteiger partial charge in [0.1, 0.15) is 5.69 Å². The van der Waals surface area contributed by atoms with Crippen molar-refractivity contribution in [1.82, 2.24) is 4.98 Å². The summed E-state index contributed by atoms with van der Waals surface area (Å²) in [4.78, 5) is 6.13. The molecule has 2 aromatic rings. The molecular formula is C14H16N4O. The Morgan fingerprint density at radius 1 is 1.32 bits per heavy atom. The van der Waals surface area contributed by atoms with Crippen molar-refractivity contribution in [3.05, 3.63) is 59.9 Å². The largest absolute Gasteiger partial charge is 0.409 e. The highest BCUT2D eigenvalue weighted by atomic mass is 16.4. The highest BCUT2D eigenvalue weighted by Crippen LogP contribution is 2.15. The molecule has 0 spiro atoms. The summed E-state index contributed by atoms with van der Waals surface area (Å²) < 4.78 is 0. The summed E-state index contributed by atoms with van der Waals surface area (Å²) in [6, 6.07) is 13.8. The van der Waals surface area contributed by atoms with Crippen molar-refractivity contribution in [2.45, 2.75) is 6.54 Å². The maximum absolute atomic E-state index is 8.66. The van der Waals surface area contributed by atoms with E-state index in [4.69, 9.17) is 10.9 Å². The molecule has 0 saturated carbocycles. The Kier molecular flexibility index (Phi) is 3.97. The van der Waals surface area contributed by atoms with Crippen LogP contribution in [0.25, 0.3) is 0 Å². The fraction of sp³-hybridized carbons (Fsp3) is 0.143. The van der Waals surface area contributed by atoms with E-state index < -0.39 is 0 Å². The Hall–Kier alpha value is -2.56. The third-order valence-electron chi connectivity index (χ3n) is 2.82. The zero-order valence-electron chi connectivity index (χ0n) is 10.7. The molecule has 0 aliphatic rings. The number of rotatable bonds is 4. The van der Waals surface area contributed by atoms with Gasteiger partial charge in [-0.15, -0.1) is 0 Å². The number of nitrogens with zero attached hydrogens (tertiary/aromatic N) is 3. The number of oxime groups is 1. The minimum absolute atomic E-state index is 0.00922. The molecule has 1 heterocycles. The molecule has 98 valence electrons. The lowest BCUT2D eigenvalue weighted by Crippen LogP contribution is -2.19. The molecule has 0 aliphatic heterocycles. The zero-order chi connectivity index (χ0) is 13.7. The van der Waals surface area contributed by atoms with Crippen LogP contribution in [0, 0.1) is 0 Å². The number of benzene rings is 1. The van der Waals surface area contributed by atoms with Crippen molar-refractivity contribution in [2.75, 3.05) is 11.9 Å². The van der Waals surface area contributed by atoms with Gasteiger partial charge in [0.2, 0.25) is 0 Å². The van der Waals surface area contributed by atoms with Gasteiger partial charge < -0.3 is 15.8 Å². The summed E-state index contributed by atoms with van der Waals surface area (Å²) >= 11 is 0. The van der Waals surface area contributed by atoms with Crippen LogP contribution in [0.15, 0.2) is 53.8 Å². The highest BCUT2D eigenvalue weighted by molar-refractivity contribution is 5.95. The monoisotopic (exact) mass is 256 g/mol. The third kappa shape index (κ3) is 3.22. The second-order valence-corrected chi connectivity index (χ2v) is 4.23. The number of amidine groups is 1. The number of hydrogen-bond acceptors (Lipinski definition) is 4. The first-order chi connectivity index (χ1) is 9.20. The van der Waals surface area contributed by atoms with Crippen LogP contribution in [-0.2, 0) is 6.54 Å². The van der Waals surface area contributed by atoms with Crippen LogP contribution < -0.4 is 10.6 Å². The van der Waals surface area contributed by atoms with Gasteiger partial charge >= 0.3 is 0 Å². The van der Waals surface area contributed by atoms with Crippen LogP contribution in [0.1, 0.15) is 11.3 Å². The van der Waals surface area contributed by atoms with Crippen LogP contribution in [0.2, 0.25) is 0 Å². The van der Waals surface area contributed by atoms with E-state index in [9.17, 15) is 0 Å². The maximum Gasteiger partial charge on any atom is 0.188 e. The van der Waals surface area contributed by atoms with Gasteiger partial charge in [-0.25, -0.2) is 0 Å². The van der Waals surface area contributed by atoms with E-state index in [-0.39, 0.29) is 5.84 Å². The smallest absolute Gasteiger partial charge is 0.188 e. The minimum Gasteiger partial charge on any atom is -0.409 e. The van der Waals surface area contributed by atoms with Crippen LogP contribution in [0.4, 0.5) is 5.69 Å². The first-order valence-electron chi connectivity index (χ1n) is 5.89. The molecule has 19 heavy (non-hydrogen) atoms. The van der Waals surface area contributed by atoms with Crippen molar-refractivity contribution in [3.8, 4) is 0 Å². The number of aromatic nitrogens is 1. The lowest BCUT2D eigenvalue weighted by atomic mass is 10.2. The van der Waals surface area contributed by atoms with E-state index in [1.54, 1.807) is 12.3 Å². The number of pyridine rings is 1. The Morgan fingerprint density at radius 2 is 2.05 bits per heavy atom. The lowest BCUT2D eigenvalue weighted by molar-refractivity contribution is 0.318. The summed E-state index contributed by atoms with van der Waals surface area (Å²) in [5.41, 5.74) is 8.17. The molecule has 1 aromatic carbocycles. The highest BCUT2D eigenvalue weighted by Gasteiger charge is 2.06. The van der Waals surface area contributed by atoms with Gasteiger partial charge in [0, 0.05) is 25.5 Å². The van der Waals surface area contributed by atoms with Crippen molar-refractivity contribution in [2.24, 2.45) is 10.9 Å². The zero-order valence-corrected chi connectivity index (χ0v) is 10.7. The summed E-state index contributed by atoms with van der Waals surface area (Å²) in [5, 5.41) is 11.6. The Bertz CT molecular complexity index is 569. The van der Waals surface area contributed by atoms with E-state index in [1.165, 1.54) is 5.56 Å². The normalized spacial score (nSPS) is 11.3. The molecule has 0 aliphatic carbocycles. The van der Waals surface area contributed by atoms with Gasteiger partial charge in [-0.2, -0.15) is 0 Å². The quantitative estimate of drug-likeness (QED) is 0.378. The molecule has 0 fully saturated rings. The molecule has 3 N–H and O–H groups in total. The van der Waals surface area contributed by atoms with Gasteiger partial charge in [0.15, 0.2) is 5.84 Å². The molecule has 5 heteroatoms. The molecule has 0 bridgehead atoms. The molecular weight excluding hydrogens is 240 g/mol. The second-order valence-electron chi connectivity index (χ2n) is 4.23. The molecule has 0 saturated heterocycles. The second kappa shape index (κ2) is 5.86. The first kappa shape index (κ1) is 12.9. The van der Waals surface area contributed by atoms with E-state index in [1.807, 2.05) is 31.3 Å². The SMILES string of the molecule is CN(Cc1ccccc1)c1ccnc(C(N)=NO)c1. The van der Waals surface area contributed by atoms with Gasteiger partial charge in [0.05, 0.1) is 0 Å². The van der Waals surface area contributed by atoms with Crippen LogP contribution in [0.3, 0.4) is 0 Å². The van der Waals surface area contributed by atoms with E-state index in [0.29, 0.717) is 5.69 Å². The molecule has 0 atom stereocenters. The molecule has 0 radical (unpaired) electrons. The van der Waals surface area contributed by atoms with Crippen molar-refractivity contribution in [3.63, 3.8) is 0 Å². The van der Waals surface area contributed by atoms with Gasteiger partial charge in [0.25, 0.3) is 0 Å². The molecule has 5 nitrogen and oxygen atoms in total. The number of hydrogen-bond donors (Lipinski definition) is 2. The predicted molar refractivity (Wildman–Crippen MR) is 75.3 cm³/mol. The van der Waals surface area contributed by atoms with Gasteiger partial charge in [-0.1, -0.05) is 35.5 Å². The van der Waals surface area contributed by atoms with Crippen LogP contribution in [0.5, 0.6) is 0 Å². The Labute approximate surface area is 112 Å². The maximum atomic E-state index is 8.66. The van der Waals surface area contributed by atoms with Gasteiger partial charge in [-0.05, 0) is 17.7 Å². The number of anilines is 1. The molecule has 1 aromatic heterocycles. The number of nitrogens with two attached hydrogens (primary N) is 1. The van der Waals surface area contributed by atoms with Crippen molar-refractivity contribution >= 4 is 11.5 Å². The van der Waals surface area contributed by atoms with Crippen LogP contribution >= 0.6 is 0 Å². The average molecular weight is 256 g/mol. The summed E-state index contributed by atoms with van der Waals surface area (Å²) in [6.07, 6.45) is 1.64. The van der Waals surface area contributed by atoms with Crippen molar-refractivity contribution in [1.29, 1.82) is 0 Å². The minimum atomic E-state index is 0.00922. The summed E-state index contributed by atoms with van der Waals surface area (Å²) in [7, 11) is 1.98. The summed E-state index contributed by atoms with van der Waals surface area (Å²) in [5.74, 6) is 0.00922. The van der Waals surface area contributed by atoms with Gasteiger partial charge in [-0.3, -0.25) is 4.98 Å². The fourth-order valence-electron chi connectivity index (χ4n) is 1.80. The third-order valence-corrected chi connectivity index (χ3v) is 2.82. The predicted octanol–water partition coefficient (Wildman–Crippen LogP) is 1.81. The lowest BCUT2D eigenvalue weighted by Gasteiger charge is -2.19. The standard InChI is InChI=1S/C14H16N4O/c1-18(10-11-5-3-2-4-6-11)12-7-8-16-13(9-12)14(15)17-19/h2-9,19H,10H2,1H3,(H2,15,17). The molecule has 0 unspecified atom stereocenters. The van der Waals surface area contributed by atoms with Crippen LogP contribution in [-0.4, -0.2) is 23.1 Å². The van der Waals surface area contributed by atoms with Crippen molar-refractivity contribution < 1.29 is 5.21 Å². The van der Waals surface area contributed by atoms with E-state index in [2.05, 4.69) is 27.2 Å². The summed E-state index contributed by atoms with van der Waals surface area (Å²) in [6.45, 7) is 0.778. The average Bonchev–Trinajstić information content (AvgIpc) is 2.47. The van der Waals surface area contributed by atoms with E-state index >= 15 is 0 Å².